The van der Waals surface area contributed by atoms with E-state index in [0.29, 0.717) is 43.9 Å². The van der Waals surface area contributed by atoms with Crippen LogP contribution in [0.4, 0.5) is 0 Å². The number of carbonyl (C=O) groups excluding carboxylic acids is 1. The minimum absolute atomic E-state index is 0.0410. The predicted octanol–water partition coefficient (Wildman–Crippen LogP) is 1.46. The lowest BCUT2D eigenvalue weighted by Gasteiger charge is -2.33. The van der Waals surface area contributed by atoms with Crippen molar-refractivity contribution in [1.82, 2.24) is 19.3 Å². The van der Waals surface area contributed by atoms with Crippen LogP contribution in [0.3, 0.4) is 0 Å². The molecule has 168 valence electrons. The molecule has 0 aromatic carbocycles. The molecule has 2 aliphatic heterocycles. The van der Waals surface area contributed by atoms with Crippen LogP contribution in [0.25, 0.3) is 0 Å². The second-order valence-corrected chi connectivity index (χ2v) is 8.37. The fourth-order valence-electron chi connectivity index (χ4n) is 4.43. The van der Waals surface area contributed by atoms with Crippen LogP contribution in [0.15, 0.2) is 27.4 Å². The van der Waals surface area contributed by atoms with Crippen molar-refractivity contribution in [2.24, 2.45) is 0 Å². The maximum Gasteiger partial charge on any atom is 0.259 e. The maximum absolute atomic E-state index is 13.5. The van der Waals surface area contributed by atoms with Crippen LogP contribution >= 0.6 is 0 Å². The van der Waals surface area contributed by atoms with Crippen LogP contribution in [-0.4, -0.2) is 78.6 Å². The number of likely N-dealkylation sites (N-methyl/N-ethyl adjacent to an activating group) is 1. The summed E-state index contributed by atoms with van der Waals surface area (Å²) in [7, 11) is 3.59. The Labute approximate surface area is 183 Å². The quantitative estimate of drug-likeness (QED) is 0.718. The molecule has 8 heteroatoms. The van der Waals surface area contributed by atoms with E-state index < -0.39 is 0 Å². The van der Waals surface area contributed by atoms with Crippen molar-refractivity contribution in [1.29, 1.82) is 0 Å². The van der Waals surface area contributed by atoms with Gasteiger partial charge in [0.1, 0.15) is 22.8 Å². The van der Waals surface area contributed by atoms with E-state index in [-0.39, 0.29) is 11.5 Å². The number of hydrogen-bond donors (Lipinski definition) is 0. The number of pyridine rings is 1. The number of aryl methyl sites for hydroxylation is 1. The molecule has 0 atom stereocenters. The molecule has 0 bridgehead atoms. The SMILES string of the molecule is CCc1ccc(CN2CCc3c(C(=O)N4CCN(C)CC4)c(OC)cc(=O)n3CC2)o1. The van der Waals surface area contributed by atoms with Crippen LogP contribution in [0, 0.1) is 0 Å². The number of furan rings is 1. The lowest BCUT2D eigenvalue weighted by molar-refractivity contribution is 0.0658. The van der Waals surface area contributed by atoms with Gasteiger partial charge in [-0.3, -0.25) is 14.5 Å². The van der Waals surface area contributed by atoms with Crippen molar-refractivity contribution < 1.29 is 13.9 Å². The van der Waals surface area contributed by atoms with Crippen LogP contribution < -0.4 is 10.3 Å². The van der Waals surface area contributed by atoms with Crippen molar-refractivity contribution in [3.05, 3.63) is 51.3 Å². The second-order valence-electron chi connectivity index (χ2n) is 8.37. The summed E-state index contributed by atoms with van der Waals surface area (Å²) in [5.74, 6) is 2.25. The van der Waals surface area contributed by atoms with Gasteiger partial charge in [-0.1, -0.05) is 6.92 Å². The first-order valence-corrected chi connectivity index (χ1v) is 11.1. The van der Waals surface area contributed by atoms with Gasteiger partial charge >= 0.3 is 0 Å². The summed E-state index contributed by atoms with van der Waals surface area (Å²) in [4.78, 5) is 32.7. The summed E-state index contributed by atoms with van der Waals surface area (Å²) in [5.41, 5.74) is 1.21. The summed E-state index contributed by atoms with van der Waals surface area (Å²) >= 11 is 0. The second kappa shape index (κ2) is 9.28. The number of nitrogens with zero attached hydrogens (tertiary/aromatic N) is 4. The molecule has 0 N–H and O–H groups in total. The average molecular weight is 429 g/mol. The molecule has 2 aliphatic rings. The zero-order chi connectivity index (χ0) is 22.0. The molecule has 0 aliphatic carbocycles. The summed E-state index contributed by atoms with van der Waals surface area (Å²) in [6.07, 6.45) is 1.49. The number of hydrogen-bond acceptors (Lipinski definition) is 6. The Hall–Kier alpha value is -2.58. The third-order valence-electron chi connectivity index (χ3n) is 6.36. The van der Waals surface area contributed by atoms with Crippen molar-refractivity contribution in [3.63, 3.8) is 0 Å². The fourth-order valence-corrected chi connectivity index (χ4v) is 4.43. The monoisotopic (exact) mass is 428 g/mol. The van der Waals surface area contributed by atoms with E-state index >= 15 is 0 Å². The Kier molecular flexibility index (Phi) is 6.48. The van der Waals surface area contributed by atoms with Gasteiger partial charge < -0.3 is 23.5 Å². The van der Waals surface area contributed by atoms with Crippen molar-refractivity contribution >= 4 is 5.91 Å². The normalized spacial score (nSPS) is 18.0. The lowest BCUT2D eigenvalue weighted by Crippen LogP contribution is -2.47. The first kappa shape index (κ1) is 21.6. The number of aromatic nitrogens is 1. The van der Waals surface area contributed by atoms with Gasteiger partial charge in [-0.2, -0.15) is 0 Å². The van der Waals surface area contributed by atoms with Crippen LogP contribution in [-0.2, 0) is 25.9 Å². The minimum atomic E-state index is -0.116. The topological polar surface area (TPSA) is 71.2 Å². The highest BCUT2D eigenvalue weighted by Crippen LogP contribution is 2.25. The Morgan fingerprint density at radius 1 is 1.06 bits per heavy atom. The molecular weight excluding hydrogens is 396 g/mol. The molecule has 0 saturated carbocycles. The highest BCUT2D eigenvalue weighted by atomic mass is 16.5. The maximum atomic E-state index is 13.5. The average Bonchev–Trinajstić information content (AvgIpc) is 3.13. The summed E-state index contributed by atoms with van der Waals surface area (Å²) in [6.45, 7) is 7.84. The molecule has 0 spiro atoms. The van der Waals surface area contributed by atoms with E-state index in [9.17, 15) is 9.59 Å². The van der Waals surface area contributed by atoms with E-state index in [1.54, 1.807) is 4.57 Å². The Balaban J connectivity index is 1.59. The smallest absolute Gasteiger partial charge is 0.259 e. The van der Waals surface area contributed by atoms with Gasteiger partial charge in [0, 0.05) is 70.4 Å². The third kappa shape index (κ3) is 4.55. The number of ether oxygens (including phenoxy) is 1. The van der Waals surface area contributed by atoms with E-state index in [2.05, 4.69) is 23.8 Å². The summed E-state index contributed by atoms with van der Waals surface area (Å²) < 4.78 is 13.1. The van der Waals surface area contributed by atoms with E-state index in [0.717, 1.165) is 49.8 Å². The lowest BCUT2D eigenvalue weighted by atomic mass is 10.1. The van der Waals surface area contributed by atoms with Gasteiger partial charge in [0.15, 0.2) is 0 Å². The number of fused-ring (bicyclic) bond motifs is 1. The van der Waals surface area contributed by atoms with Crippen molar-refractivity contribution in [2.75, 3.05) is 53.4 Å². The molecular formula is C23H32N4O4. The molecule has 4 rings (SSSR count). The van der Waals surface area contributed by atoms with Crippen LogP contribution in [0.1, 0.15) is 34.5 Å². The first-order valence-electron chi connectivity index (χ1n) is 11.1. The minimum Gasteiger partial charge on any atom is -0.496 e. The highest BCUT2D eigenvalue weighted by Gasteiger charge is 2.29. The molecule has 8 nitrogen and oxygen atoms in total. The predicted molar refractivity (Wildman–Crippen MR) is 118 cm³/mol. The van der Waals surface area contributed by atoms with E-state index in [1.165, 1.54) is 13.2 Å². The Bertz CT molecular complexity index is 988. The van der Waals surface area contributed by atoms with Gasteiger partial charge in [0.05, 0.1) is 13.7 Å². The molecule has 0 radical (unpaired) electrons. The number of rotatable bonds is 5. The molecule has 1 amide bonds. The van der Waals surface area contributed by atoms with Crippen LogP contribution in [0.2, 0.25) is 0 Å². The Morgan fingerprint density at radius 3 is 2.48 bits per heavy atom. The van der Waals surface area contributed by atoms with Crippen molar-refractivity contribution in [3.8, 4) is 5.75 Å². The standard InChI is InChI=1S/C23H32N4O4/c1-4-17-5-6-18(31-17)16-25-8-7-19-22(23(29)26-12-9-24(2)10-13-26)20(30-3)15-21(28)27(19)14-11-25/h5-6,15H,4,7-14,16H2,1-3H3. The van der Waals surface area contributed by atoms with Gasteiger partial charge in [-0.25, -0.2) is 0 Å². The molecule has 2 aromatic heterocycles. The fraction of sp³-hybridized carbons (Fsp3) is 0.565. The number of methoxy groups -OCH3 is 1. The Morgan fingerprint density at radius 2 is 1.81 bits per heavy atom. The zero-order valence-corrected chi connectivity index (χ0v) is 18.7. The van der Waals surface area contributed by atoms with Crippen molar-refractivity contribution in [2.45, 2.75) is 32.9 Å². The van der Waals surface area contributed by atoms with Gasteiger partial charge in [0.2, 0.25) is 0 Å². The molecule has 31 heavy (non-hydrogen) atoms. The summed E-state index contributed by atoms with van der Waals surface area (Å²) in [6, 6.07) is 5.50. The van der Waals surface area contributed by atoms with Gasteiger partial charge in [-0.05, 0) is 19.2 Å². The molecule has 4 heterocycles. The molecule has 1 saturated heterocycles. The first-order chi connectivity index (χ1) is 15.0. The third-order valence-corrected chi connectivity index (χ3v) is 6.36. The largest absolute Gasteiger partial charge is 0.496 e. The summed E-state index contributed by atoms with van der Waals surface area (Å²) in [5, 5.41) is 0. The number of amides is 1. The molecule has 2 aromatic rings. The molecule has 1 fully saturated rings. The van der Waals surface area contributed by atoms with Gasteiger partial charge in [-0.15, -0.1) is 0 Å². The van der Waals surface area contributed by atoms with E-state index in [4.69, 9.17) is 9.15 Å². The zero-order valence-electron chi connectivity index (χ0n) is 18.7. The van der Waals surface area contributed by atoms with Gasteiger partial charge in [0.25, 0.3) is 11.5 Å². The highest BCUT2D eigenvalue weighted by molar-refractivity contribution is 5.98. The molecule has 0 unspecified atom stereocenters. The number of piperazine rings is 1. The van der Waals surface area contributed by atoms with Crippen LogP contribution in [0.5, 0.6) is 5.75 Å². The van der Waals surface area contributed by atoms with E-state index in [1.807, 2.05) is 17.0 Å². The number of carbonyl (C=O) groups is 1.